The van der Waals surface area contributed by atoms with Crippen LogP contribution in [0.15, 0.2) is 24.3 Å². The van der Waals surface area contributed by atoms with E-state index in [2.05, 4.69) is 57.3 Å². The molecule has 2 unspecified atom stereocenters. The quantitative estimate of drug-likeness (QED) is 0.623. The van der Waals surface area contributed by atoms with E-state index in [1.165, 1.54) is 18.4 Å². The van der Waals surface area contributed by atoms with Crippen LogP contribution in [0.1, 0.15) is 64.9 Å². The maximum atomic E-state index is 5.99. The van der Waals surface area contributed by atoms with Crippen LogP contribution in [0.4, 0.5) is 0 Å². The lowest BCUT2D eigenvalue weighted by atomic mass is 9.98. The third-order valence-corrected chi connectivity index (χ3v) is 3.84. The maximum Gasteiger partial charge on any atom is 0.122 e. The summed E-state index contributed by atoms with van der Waals surface area (Å²) >= 11 is 0. The van der Waals surface area contributed by atoms with Crippen molar-refractivity contribution in [3.05, 3.63) is 29.8 Å². The van der Waals surface area contributed by atoms with Gasteiger partial charge in [-0.15, -0.1) is 0 Å². The lowest BCUT2D eigenvalue weighted by Crippen LogP contribution is -2.26. The van der Waals surface area contributed by atoms with Crippen molar-refractivity contribution in [3.8, 4) is 5.75 Å². The Bertz CT molecular complexity index is 364. The molecule has 114 valence electrons. The molecule has 0 aliphatic carbocycles. The first-order valence-electron chi connectivity index (χ1n) is 8.14. The molecule has 0 spiro atoms. The SMILES string of the molecule is CCCNC(C)CCCOc1ccccc1C(C)CC. The van der Waals surface area contributed by atoms with E-state index in [9.17, 15) is 0 Å². The molecule has 0 bridgehead atoms. The van der Waals surface area contributed by atoms with Gasteiger partial charge in [-0.1, -0.05) is 39.0 Å². The van der Waals surface area contributed by atoms with E-state index >= 15 is 0 Å². The van der Waals surface area contributed by atoms with E-state index in [0.29, 0.717) is 12.0 Å². The molecule has 0 heterocycles. The molecule has 0 aliphatic heterocycles. The molecule has 1 aromatic rings. The zero-order valence-electron chi connectivity index (χ0n) is 13.6. The molecule has 0 amide bonds. The summed E-state index contributed by atoms with van der Waals surface area (Å²) in [7, 11) is 0. The zero-order chi connectivity index (χ0) is 14.8. The maximum absolute atomic E-state index is 5.99. The molecule has 0 radical (unpaired) electrons. The van der Waals surface area contributed by atoms with Crippen molar-refractivity contribution in [2.75, 3.05) is 13.2 Å². The Morgan fingerprint density at radius 2 is 1.90 bits per heavy atom. The van der Waals surface area contributed by atoms with Gasteiger partial charge in [0.1, 0.15) is 5.75 Å². The number of rotatable bonds is 10. The number of benzene rings is 1. The summed E-state index contributed by atoms with van der Waals surface area (Å²) in [6, 6.07) is 9.04. The highest BCUT2D eigenvalue weighted by Gasteiger charge is 2.09. The Labute approximate surface area is 124 Å². The summed E-state index contributed by atoms with van der Waals surface area (Å²) in [4.78, 5) is 0. The first-order valence-corrected chi connectivity index (χ1v) is 8.14. The van der Waals surface area contributed by atoms with Crippen LogP contribution in [-0.4, -0.2) is 19.2 Å². The van der Waals surface area contributed by atoms with Crippen molar-refractivity contribution in [2.24, 2.45) is 0 Å². The molecule has 2 heteroatoms. The highest BCUT2D eigenvalue weighted by atomic mass is 16.5. The van der Waals surface area contributed by atoms with E-state index in [1.807, 2.05) is 0 Å². The Kier molecular flexibility index (Phi) is 8.36. The Morgan fingerprint density at radius 1 is 1.15 bits per heavy atom. The van der Waals surface area contributed by atoms with Gasteiger partial charge in [-0.05, 0) is 56.7 Å². The van der Waals surface area contributed by atoms with Crippen molar-refractivity contribution < 1.29 is 4.74 Å². The predicted molar refractivity (Wildman–Crippen MR) is 87.6 cm³/mol. The van der Waals surface area contributed by atoms with Crippen molar-refractivity contribution in [2.45, 2.75) is 65.3 Å². The molecule has 1 rings (SSSR count). The fourth-order valence-electron chi connectivity index (χ4n) is 2.30. The molecule has 0 fully saturated rings. The first-order chi connectivity index (χ1) is 9.69. The zero-order valence-corrected chi connectivity index (χ0v) is 13.6. The van der Waals surface area contributed by atoms with Crippen molar-refractivity contribution >= 4 is 0 Å². The van der Waals surface area contributed by atoms with Crippen molar-refractivity contribution in [3.63, 3.8) is 0 Å². The molecule has 2 atom stereocenters. The normalized spacial score (nSPS) is 14.0. The number of hydrogen-bond donors (Lipinski definition) is 1. The van der Waals surface area contributed by atoms with Gasteiger partial charge in [0.2, 0.25) is 0 Å². The van der Waals surface area contributed by atoms with Crippen LogP contribution in [0.5, 0.6) is 5.75 Å². The number of ether oxygens (including phenoxy) is 1. The molecular weight excluding hydrogens is 246 g/mol. The lowest BCUT2D eigenvalue weighted by molar-refractivity contribution is 0.294. The fraction of sp³-hybridized carbons (Fsp3) is 0.667. The third-order valence-electron chi connectivity index (χ3n) is 3.84. The van der Waals surface area contributed by atoms with Crippen LogP contribution in [0.25, 0.3) is 0 Å². The van der Waals surface area contributed by atoms with Crippen LogP contribution in [0.3, 0.4) is 0 Å². The summed E-state index contributed by atoms with van der Waals surface area (Å²) in [6.07, 6.45) is 4.62. The predicted octanol–water partition coefficient (Wildman–Crippen LogP) is 4.75. The Morgan fingerprint density at radius 3 is 2.60 bits per heavy atom. The van der Waals surface area contributed by atoms with Gasteiger partial charge in [-0.3, -0.25) is 0 Å². The summed E-state index contributed by atoms with van der Waals surface area (Å²) in [5, 5.41) is 3.51. The lowest BCUT2D eigenvalue weighted by Gasteiger charge is -2.17. The van der Waals surface area contributed by atoms with Gasteiger partial charge in [0.15, 0.2) is 0 Å². The van der Waals surface area contributed by atoms with Crippen LogP contribution in [-0.2, 0) is 0 Å². The van der Waals surface area contributed by atoms with Gasteiger partial charge in [0.25, 0.3) is 0 Å². The number of nitrogens with one attached hydrogen (secondary N) is 1. The van der Waals surface area contributed by atoms with Gasteiger partial charge < -0.3 is 10.1 Å². The average Bonchev–Trinajstić information content (AvgIpc) is 2.49. The fourth-order valence-corrected chi connectivity index (χ4v) is 2.30. The van der Waals surface area contributed by atoms with Gasteiger partial charge in [0.05, 0.1) is 6.61 Å². The smallest absolute Gasteiger partial charge is 0.122 e. The van der Waals surface area contributed by atoms with Crippen molar-refractivity contribution in [1.29, 1.82) is 0 Å². The average molecular weight is 277 g/mol. The van der Waals surface area contributed by atoms with E-state index in [1.54, 1.807) is 0 Å². The highest BCUT2D eigenvalue weighted by molar-refractivity contribution is 5.35. The summed E-state index contributed by atoms with van der Waals surface area (Å²) in [5.41, 5.74) is 1.34. The second-order valence-corrected chi connectivity index (χ2v) is 5.69. The molecule has 0 saturated heterocycles. The van der Waals surface area contributed by atoms with E-state index < -0.39 is 0 Å². The minimum Gasteiger partial charge on any atom is -0.493 e. The number of para-hydroxylation sites is 1. The van der Waals surface area contributed by atoms with Gasteiger partial charge in [-0.25, -0.2) is 0 Å². The minimum absolute atomic E-state index is 0.566. The molecule has 1 aromatic carbocycles. The molecule has 2 nitrogen and oxygen atoms in total. The van der Waals surface area contributed by atoms with Crippen LogP contribution < -0.4 is 10.1 Å². The molecule has 0 saturated carbocycles. The van der Waals surface area contributed by atoms with E-state index in [-0.39, 0.29) is 0 Å². The van der Waals surface area contributed by atoms with Crippen LogP contribution in [0, 0.1) is 0 Å². The van der Waals surface area contributed by atoms with Gasteiger partial charge in [0, 0.05) is 6.04 Å². The topological polar surface area (TPSA) is 21.3 Å². The second-order valence-electron chi connectivity index (χ2n) is 5.69. The second kappa shape index (κ2) is 9.82. The highest BCUT2D eigenvalue weighted by Crippen LogP contribution is 2.28. The monoisotopic (exact) mass is 277 g/mol. The van der Waals surface area contributed by atoms with Gasteiger partial charge in [-0.2, -0.15) is 0 Å². The van der Waals surface area contributed by atoms with Crippen LogP contribution >= 0.6 is 0 Å². The molecule has 0 aromatic heterocycles. The van der Waals surface area contributed by atoms with Crippen LogP contribution in [0.2, 0.25) is 0 Å². The minimum atomic E-state index is 0.566. The Hall–Kier alpha value is -1.02. The number of hydrogen-bond acceptors (Lipinski definition) is 2. The Balaban J connectivity index is 2.35. The summed E-state index contributed by atoms with van der Waals surface area (Å²) in [6.45, 7) is 10.9. The van der Waals surface area contributed by atoms with Gasteiger partial charge >= 0.3 is 0 Å². The largest absolute Gasteiger partial charge is 0.493 e. The summed E-state index contributed by atoms with van der Waals surface area (Å²) < 4.78 is 5.99. The van der Waals surface area contributed by atoms with E-state index in [0.717, 1.165) is 31.7 Å². The first kappa shape index (κ1) is 17.0. The van der Waals surface area contributed by atoms with E-state index in [4.69, 9.17) is 4.74 Å². The molecule has 1 N–H and O–H groups in total. The summed E-state index contributed by atoms with van der Waals surface area (Å²) in [5.74, 6) is 1.63. The molecular formula is C18H31NO. The van der Waals surface area contributed by atoms with Crippen molar-refractivity contribution in [1.82, 2.24) is 5.32 Å². The standard InChI is InChI=1S/C18H31NO/c1-5-13-19-16(4)10-9-14-20-18-12-8-7-11-17(18)15(3)6-2/h7-8,11-12,15-16,19H,5-6,9-10,13-14H2,1-4H3. The third kappa shape index (κ3) is 5.96. The molecule has 20 heavy (non-hydrogen) atoms. The molecule has 0 aliphatic rings.